The van der Waals surface area contributed by atoms with Crippen LogP contribution in [-0.4, -0.2) is 43.6 Å². The van der Waals surface area contributed by atoms with E-state index in [-0.39, 0.29) is 57.6 Å². The van der Waals surface area contributed by atoms with E-state index in [1.165, 1.54) is 50.6 Å². The van der Waals surface area contributed by atoms with E-state index in [4.69, 9.17) is 22.6 Å². The van der Waals surface area contributed by atoms with Crippen molar-refractivity contribution in [2.45, 2.75) is 12.8 Å². The molecule has 0 aliphatic heterocycles. The predicted octanol–water partition coefficient (Wildman–Crippen LogP) is 6.31. The first-order chi connectivity index (χ1) is 20.6. The van der Waals surface area contributed by atoms with Crippen LogP contribution in [0.1, 0.15) is 11.1 Å². The van der Waals surface area contributed by atoms with Crippen LogP contribution < -0.4 is 22.6 Å². The van der Waals surface area contributed by atoms with Gasteiger partial charge in [-0.15, -0.1) is 0 Å². The minimum atomic E-state index is -4.57. The van der Waals surface area contributed by atoms with Crippen LogP contribution in [0, 0.1) is 0 Å². The van der Waals surface area contributed by atoms with Crippen LogP contribution in [0.15, 0.2) is 78.9 Å². The summed E-state index contributed by atoms with van der Waals surface area (Å²) in [5, 5.41) is 0. The summed E-state index contributed by atoms with van der Waals surface area (Å²) in [6.07, 6.45) is -2.93. The van der Waals surface area contributed by atoms with E-state index in [2.05, 4.69) is 0 Å². The molecule has 0 heterocycles. The van der Waals surface area contributed by atoms with Gasteiger partial charge in [0.15, 0.2) is 23.0 Å². The molecule has 0 aliphatic rings. The lowest BCUT2D eigenvalue weighted by Gasteiger charge is -2.21. The molecule has 44 heavy (non-hydrogen) atoms. The van der Waals surface area contributed by atoms with Gasteiger partial charge in [0.05, 0.1) is 37.9 Å². The Labute approximate surface area is 253 Å². The molecule has 0 amide bonds. The van der Waals surface area contributed by atoms with Gasteiger partial charge in [0.2, 0.25) is 0 Å². The van der Waals surface area contributed by atoms with Crippen molar-refractivity contribution in [1.29, 1.82) is 0 Å². The fraction of sp³-hybridized carbons (Fsp3) is 0.200. The van der Waals surface area contributed by atoms with E-state index in [9.17, 15) is 30.0 Å². The molecule has 4 aromatic carbocycles. The molecule has 4 rings (SSSR count). The van der Waals surface area contributed by atoms with Crippen molar-refractivity contribution in [3.8, 4) is 51.0 Å². The Morgan fingerprint density at radius 3 is 1.82 bits per heavy atom. The molecule has 0 spiro atoms. The number of rotatable bonds is 11. The molecule has 0 saturated carbocycles. The Balaban J connectivity index is 1.93. The summed E-state index contributed by atoms with van der Waals surface area (Å²) in [5.41, 5.74) is 0.530. The maximum absolute atomic E-state index is 13.2. The Bertz CT molecular complexity index is 1860. The Kier molecular flexibility index (Phi) is 9.35. The van der Waals surface area contributed by atoms with E-state index in [1.807, 2.05) is 30.3 Å². The van der Waals surface area contributed by atoms with Gasteiger partial charge >= 0.3 is 26.4 Å². The monoisotopic (exact) mass is 652 g/mol. The normalized spacial score (nSPS) is 12.0. The summed E-state index contributed by atoms with van der Waals surface area (Å²) in [6.45, 7) is 0.0850. The lowest BCUT2D eigenvalue weighted by atomic mass is 9.95. The molecule has 0 aromatic heterocycles. The van der Waals surface area contributed by atoms with Gasteiger partial charge < -0.3 is 22.6 Å². The van der Waals surface area contributed by atoms with E-state index in [0.717, 1.165) is 30.2 Å². The zero-order valence-electron chi connectivity index (χ0n) is 23.8. The summed E-state index contributed by atoms with van der Waals surface area (Å²) in [4.78, 5) is 0. The number of ether oxygens (including phenoxy) is 3. The van der Waals surface area contributed by atoms with E-state index < -0.39 is 32.0 Å². The van der Waals surface area contributed by atoms with Crippen LogP contribution in [0.5, 0.6) is 28.7 Å². The Hall–Kier alpha value is -4.43. The van der Waals surface area contributed by atoms with Gasteiger partial charge in [0.1, 0.15) is 12.4 Å². The number of hydrogen-bond donors (Lipinski definition) is 0. The van der Waals surface area contributed by atoms with Gasteiger partial charge in [-0.25, -0.2) is 0 Å². The van der Waals surface area contributed by atoms with Crippen LogP contribution in [0.4, 0.5) is 13.2 Å². The minimum absolute atomic E-state index is 0.0263. The molecular formula is C30H27F3O9S2. The van der Waals surface area contributed by atoms with Gasteiger partial charge in [0.25, 0.3) is 0 Å². The smallest absolute Gasteiger partial charge is 0.416 e. The number of hydrogen-bond acceptors (Lipinski definition) is 9. The number of methoxy groups -OCH3 is 2. The fourth-order valence-corrected chi connectivity index (χ4v) is 5.20. The highest BCUT2D eigenvalue weighted by Gasteiger charge is 2.31. The standard InChI is InChI=1S/C30H27F3O9S2/c1-38-26-17-23(20-10-13-22(14-11-20)30(31,32)33)28(39-2)29(42-44(4,36)37)27(26)21-12-15-24(25(16-21)41-43(3,34)35)40-18-19-8-6-5-7-9-19/h5-17H,18H2,1-4H3. The quantitative estimate of drug-likeness (QED) is 0.172. The van der Waals surface area contributed by atoms with Crippen LogP contribution >= 0.6 is 0 Å². The number of benzene rings is 4. The van der Waals surface area contributed by atoms with E-state index in [1.54, 1.807) is 0 Å². The zero-order chi connectivity index (χ0) is 32.3. The second-order valence-electron chi connectivity index (χ2n) is 9.45. The molecule has 0 saturated heterocycles. The molecule has 0 bridgehead atoms. The first-order valence-electron chi connectivity index (χ1n) is 12.7. The maximum atomic E-state index is 13.2. The topological polar surface area (TPSA) is 114 Å². The van der Waals surface area contributed by atoms with Gasteiger partial charge in [-0.05, 0) is 47.0 Å². The largest absolute Gasteiger partial charge is 0.496 e. The summed E-state index contributed by atoms with van der Waals surface area (Å²) in [7, 11) is -5.74. The third-order valence-corrected chi connectivity index (χ3v) is 7.04. The van der Waals surface area contributed by atoms with Crippen molar-refractivity contribution in [3.05, 3.63) is 90.0 Å². The van der Waals surface area contributed by atoms with Crippen molar-refractivity contribution in [1.82, 2.24) is 0 Å². The molecule has 9 nitrogen and oxygen atoms in total. The summed E-state index contributed by atoms with van der Waals surface area (Å²) < 4.78 is 116. The molecule has 0 radical (unpaired) electrons. The Morgan fingerprint density at radius 1 is 0.659 bits per heavy atom. The predicted molar refractivity (Wildman–Crippen MR) is 157 cm³/mol. The van der Waals surface area contributed by atoms with Crippen molar-refractivity contribution >= 4 is 20.2 Å². The third-order valence-electron chi connectivity index (χ3n) is 6.09. The van der Waals surface area contributed by atoms with Crippen molar-refractivity contribution < 1.29 is 52.6 Å². The fourth-order valence-electron chi connectivity index (χ4n) is 4.28. The average molecular weight is 653 g/mol. The maximum Gasteiger partial charge on any atom is 0.416 e. The van der Waals surface area contributed by atoms with Crippen molar-refractivity contribution in [2.75, 3.05) is 26.7 Å². The van der Waals surface area contributed by atoms with Crippen molar-refractivity contribution in [3.63, 3.8) is 0 Å². The van der Waals surface area contributed by atoms with Crippen LogP contribution in [-0.2, 0) is 33.0 Å². The molecule has 234 valence electrons. The van der Waals surface area contributed by atoms with Gasteiger partial charge in [0, 0.05) is 5.56 Å². The second-order valence-corrected chi connectivity index (χ2v) is 12.6. The van der Waals surface area contributed by atoms with E-state index >= 15 is 0 Å². The highest BCUT2D eigenvalue weighted by molar-refractivity contribution is 7.86. The van der Waals surface area contributed by atoms with E-state index in [0.29, 0.717) is 0 Å². The van der Waals surface area contributed by atoms with Crippen LogP contribution in [0.25, 0.3) is 22.3 Å². The summed E-state index contributed by atoms with van der Waals surface area (Å²) >= 11 is 0. The molecule has 14 heteroatoms. The highest BCUT2D eigenvalue weighted by Crippen LogP contribution is 2.52. The van der Waals surface area contributed by atoms with Crippen LogP contribution in [0.3, 0.4) is 0 Å². The molecule has 0 fully saturated rings. The highest BCUT2D eigenvalue weighted by atomic mass is 32.2. The minimum Gasteiger partial charge on any atom is -0.496 e. The molecule has 0 aliphatic carbocycles. The number of alkyl halides is 3. The van der Waals surface area contributed by atoms with Gasteiger partial charge in [-0.3, -0.25) is 0 Å². The second kappa shape index (κ2) is 12.7. The van der Waals surface area contributed by atoms with Gasteiger partial charge in [-0.2, -0.15) is 30.0 Å². The zero-order valence-corrected chi connectivity index (χ0v) is 25.5. The van der Waals surface area contributed by atoms with Crippen LogP contribution in [0.2, 0.25) is 0 Å². The molecular weight excluding hydrogens is 625 g/mol. The molecule has 4 aromatic rings. The lowest BCUT2D eigenvalue weighted by molar-refractivity contribution is -0.137. The average Bonchev–Trinajstić information content (AvgIpc) is 2.94. The SMILES string of the molecule is COc1cc(-c2ccc(C(F)(F)F)cc2)c(OC)c(OS(C)(=O)=O)c1-c1ccc(OCc2ccccc2)c(OS(C)(=O)=O)c1. The first-order valence-corrected chi connectivity index (χ1v) is 16.3. The Morgan fingerprint density at radius 2 is 1.27 bits per heavy atom. The van der Waals surface area contributed by atoms with Crippen molar-refractivity contribution in [2.24, 2.45) is 0 Å². The summed E-state index contributed by atoms with van der Waals surface area (Å²) in [5.74, 6) is -0.601. The van der Waals surface area contributed by atoms with Gasteiger partial charge in [-0.1, -0.05) is 48.5 Å². The first kappa shape index (κ1) is 32.5. The lowest BCUT2D eigenvalue weighted by Crippen LogP contribution is -2.10. The molecule has 0 unspecified atom stereocenters. The third kappa shape index (κ3) is 7.94. The summed E-state index contributed by atoms with van der Waals surface area (Å²) in [6, 6.07) is 18.9. The molecule has 0 atom stereocenters. The molecule has 0 N–H and O–H groups in total. The number of halogens is 3.